The van der Waals surface area contributed by atoms with Crippen molar-refractivity contribution in [2.75, 3.05) is 6.54 Å². The van der Waals surface area contributed by atoms with Crippen molar-refractivity contribution in [1.82, 2.24) is 4.90 Å². The molecule has 0 bridgehead atoms. The van der Waals surface area contributed by atoms with Crippen molar-refractivity contribution in [3.05, 3.63) is 28.5 Å². The summed E-state index contributed by atoms with van der Waals surface area (Å²) in [6.45, 7) is 2.46. The second kappa shape index (κ2) is 6.10. The monoisotopic (exact) mass is 353 g/mol. The van der Waals surface area contributed by atoms with Crippen LogP contribution in [0.1, 0.15) is 36.5 Å². The summed E-state index contributed by atoms with van der Waals surface area (Å²) < 4.78 is 37.0. The van der Waals surface area contributed by atoms with Crippen LogP contribution in [0, 0.1) is 5.82 Å². The quantitative estimate of drug-likeness (QED) is 0.782. The highest BCUT2D eigenvalue weighted by molar-refractivity contribution is 8.13. The van der Waals surface area contributed by atoms with Crippen LogP contribution in [0.5, 0.6) is 0 Å². The fourth-order valence-corrected chi connectivity index (χ4v) is 3.79. The van der Waals surface area contributed by atoms with E-state index in [1.54, 1.807) is 4.90 Å². The SMILES string of the molecule is CCC1CCCN1C(=O)c1cc(Cl)cc(S(=O)(=O)Cl)c1F. The van der Waals surface area contributed by atoms with Gasteiger partial charge < -0.3 is 4.90 Å². The lowest BCUT2D eigenvalue weighted by Crippen LogP contribution is -2.35. The van der Waals surface area contributed by atoms with Crippen LogP contribution in [0.4, 0.5) is 4.39 Å². The summed E-state index contributed by atoms with van der Waals surface area (Å²) in [5, 5.41) is -0.0498. The van der Waals surface area contributed by atoms with Crippen molar-refractivity contribution in [3.8, 4) is 0 Å². The Morgan fingerprint density at radius 3 is 2.71 bits per heavy atom. The first-order valence-electron chi connectivity index (χ1n) is 6.50. The third kappa shape index (κ3) is 3.33. The highest BCUT2D eigenvalue weighted by atomic mass is 35.7. The van der Waals surface area contributed by atoms with Gasteiger partial charge in [0.2, 0.25) is 0 Å². The molecule has 1 aliphatic heterocycles. The summed E-state index contributed by atoms with van der Waals surface area (Å²) in [6.07, 6.45) is 2.45. The molecule has 1 saturated heterocycles. The lowest BCUT2D eigenvalue weighted by molar-refractivity contribution is 0.0728. The van der Waals surface area contributed by atoms with E-state index in [-0.39, 0.29) is 16.6 Å². The van der Waals surface area contributed by atoms with Crippen molar-refractivity contribution < 1.29 is 17.6 Å². The van der Waals surface area contributed by atoms with Crippen molar-refractivity contribution in [3.63, 3.8) is 0 Å². The number of halogens is 3. The first-order valence-corrected chi connectivity index (χ1v) is 9.19. The minimum absolute atomic E-state index is 0.0342. The van der Waals surface area contributed by atoms with E-state index < -0.39 is 25.7 Å². The molecule has 0 radical (unpaired) electrons. The third-order valence-electron chi connectivity index (χ3n) is 3.61. The highest BCUT2D eigenvalue weighted by Crippen LogP contribution is 2.29. The average Bonchev–Trinajstić information content (AvgIpc) is 2.87. The molecule has 1 aromatic rings. The fraction of sp³-hybridized carbons (Fsp3) is 0.462. The molecule has 116 valence electrons. The Labute approximate surface area is 132 Å². The van der Waals surface area contributed by atoms with E-state index >= 15 is 0 Å². The molecule has 21 heavy (non-hydrogen) atoms. The minimum atomic E-state index is -4.31. The largest absolute Gasteiger partial charge is 0.336 e. The summed E-state index contributed by atoms with van der Waals surface area (Å²) in [4.78, 5) is 13.2. The number of nitrogens with zero attached hydrogens (tertiary/aromatic N) is 1. The highest BCUT2D eigenvalue weighted by Gasteiger charge is 2.32. The second-order valence-electron chi connectivity index (χ2n) is 4.91. The minimum Gasteiger partial charge on any atom is -0.336 e. The number of rotatable bonds is 3. The zero-order chi connectivity index (χ0) is 15.8. The molecule has 1 heterocycles. The Morgan fingerprint density at radius 1 is 1.48 bits per heavy atom. The zero-order valence-corrected chi connectivity index (χ0v) is 13.6. The molecule has 0 N–H and O–H groups in total. The predicted molar refractivity (Wildman–Crippen MR) is 78.8 cm³/mol. The third-order valence-corrected chi connectivity index (χ3v) is 5.15. The number of hydrogen-bond acceptors (Lipinski definition) is 3. The van der Waals surface area contributed by atoms with Crippen LogP contribution in [0.2, 0.25) is 5.02 Å². The molecule has 2 rings (SSSR count). The molecule has 0 aromatic heterocycles. The van der Waals surface area contributed by atoms with Crippen LogP contribution in [0.15, 0.2) is 17.0 Å². The smallest absolute Gasteiger partial charge is 0.264 e. The van der Waals surface area contributed by atoms with E-state index in [4.69, 9.17) is 22.3 Å². The van der Waals surface area contributed by atoms with Gasteiger partial charge in [-0.15, -0.1) is 0 Å². The fourth-order valence-electron chi connectivity index (χ4n) is 2.58. The van der Waals surface area contributed by atoms with E-state index in [0.717, 1.165) is 31.4 Å². The van der Waals surface area contributed by atoms with E-state index in [0.29, 0.717) is 6.54 Å². The molecule has 0 spiro atoms. The van der Waals surface area contributed by atoms with Crippen LogP contribution < -0.4 is 0 Å². The molecule has 1 unspecified atom stereocenters. The summed E-state index contributed by atoms with van der Waals surface area (Å²) in [5.74, 6) is -1.71. The van der Waals surface area contributed by atoms with Crippen LogP contribution in [0.3, 0.4) is 0 Å². The van der Waals surface area contributed by atoms with Gasteiger partial charge in [0.15, 0.2) is 5.82 Å². The van der Waals surface area contributed by atoms with Gasteiger partial charge in [-0.2, -0.15) is 0 Å². The van der Waals surface area contributed by atoms with Crippen LogP contribution in [0.25, 0.3) is 0 Å². The maximum absolute atomic E-state index is 14.3. The first kappa shape index (κ1) is 16.5. The van der Waals surface area contributed by atoms with Gasteiger partial charge in [0.05, 0.1) is 5.56 Å². The molecule has 1 aromatic carbocycles. The Morgan fingerprint density at radius 2 is 2.14 bits per heavy atom. The Balaban J connectivity index is 2.49. The number of carbonyl (C=O) groups excluding carboxylic acids is 1. The lowest BCUT2D eigenvalue weighted by Gasteiger charge is -2.24. The molecule has 4 nitrogen and oxygen atoms in total. The van der Waals surface area contributed by atoms with Crippen LogP contribution >= 0.6 is 22.3 Å². The zero-order valence-electron chi connectivity index (χ0n) is 11.3. The summed E-state index contributed by atoms with van der Waals surface area (Å²) in [7, 11) is 0.864. The predicted octanol–water partition coefficient (Wildman–Crippen LogP) is 3.42. The number of likely N-dealkylation sites (tertiary alicyclic amines) is 1. The van der Waals surface area contributed by atoms with Gasteiger partial charge >= 0.3 is 0 Å². The summed E-state index contributed by atoms with van der Waals surface area (Å²) >= 11 is 5.79. The molecule has 1 amide bonds. The molecule has 0 saturated carbocycles. The van der Waals surface area contributed by atoms with Gasteiger partial charge in [0, 0.05) is 28.3 Å². The summed E-state index contributed by atoms with van der Waals surface area (Å²) in [6, 6.07) is 2.07. The molecular formula is C13H14Cl2FNO3S. The molecular weight excluding hydrogens is 340 g/mol. The normalized spacial score (nSPS) is 19.0. The van der Waals surface area contributed by atoms with Crippen LogP contribution in [-0.4, -0.2) is 31.8 Å². The maximum Gasteiger partial charge on any atom is 0.264 e. The van der Waals surface area contributed by atoms with Crippen molar-refractivity contribution in [2.24, 2.45) is 0 Å². The standard InChI is InChI=1S/C13H14Cl2FNO3S/c1-2-9-4-3-5-17(9)13(18)10-6-8(14)7-11(12(10)16)21(15,19)20/h6-7,9H,2-5H2,1H3. The van der Waals surface area contributed by atoms with E-state index in [2.05, 4.69) is 0 Å². The Bertz CT molecular complexity index is 678. The molecule has 8 heteroatoms. The van der Waals surface area contributed by atoms with Gasteiger partial charge in [0.25, 0.3) is 15.0 Å². The van der Waals surface area contributed by atoms with E-state index in [1.807, 2.05) is 6.92 Å². The van der Waals surface area contributed by atoms with Crippen molar-refractivity contribution in [2.45, 2.75) is 37.1 Å². The van der Waals surface area contributed by atoms with Gasteiger partial charge in [-0.1, -0.05) is 18.5 Å². The Hall–Kier alpha value is -0.850. The number of benzene rings is 1. The number of hydrogen-bond donors (Lipinski definition) is 0. The van der Waals surface area contributed by atoms with Gasteiger partial charge in [-0.3, -0.25) is 4.79 Å². The number of carbonyl (C=O) groups is 1. The van der Waals surface area contributed by atoms with Gasteiger partial charge in [-0.05, 0) is 31.4 Å². The topological polar surface area (TPSA) is 54.5 Å². The van der Waals surface area contributed by atoms with Crippen molar-refractivity contribution >= 4 is 37.2 Å². The van der Waals surface area contributed by atoms with Gasteiger partial charge in [-0.25, -0.2) is 12.8 Å². The maximum atomic E-state index is 14.3. The number of amides is 1. The second-order valence-corrected chi connectivity index (χ2v) is 7.88. The molecule has 0 aliphatic carbocycles. The average molecular weight is 354 g/mol. The van der Waals surface area contributed by atoms with Crippen LogP contribution in [-0.2, 0) is 9.05 Å². The van der Waals surface area contributed by atoms with E-state index in [9.17, 15) is 17.6 Å². The van der Waals surface area contributed by atoms with Crippen molar-refractivity contribution in [1.29, 1.82) is 0 Å². The summed E-state index contributed by atoms with van der Waals surface area (Å²) in [5.41, 5.74) is -0.359. The van der Waals surface area contributed by atoms with Gasteiger partial charge in [0.1, 0.15) is 4.90 Å². The molecule has 1 atom stereocenters. The Kier molecular flexibility index (Phi) is 4.80. The molecule has 1 fully saturated rings. The first-order chi connectivity index (χ1) is 9.75. The lowest BCUT2D eigenvalue weighted by atomic mass is 10.1. The molecule has 1 aliphatic rings. The van der Waals surface area contributed by atoms with E-state index in [1.165, 1.54) is 0 Å².